The van der Waals surface area contributed by atoms with E-state index in [0.717, 1.165) is 76.8 Å². The molecule has 3 saturated heterocycles. The Morgan fingerprint density at radius 3 is 2.62 bits per heavy atom. The number of rotatable bonds is 3. The Hall–Kier alpha value is -1.51. The van der Waals surface area contributed by atoms with Crippen molar-refractivity contribution in [2.75, 3.05) is 19.6 Å². The molecule has 7 heteroatoms. The number of benzene rings is 1. The highest BCUT2D eigenvalue weighted by atomic mass is 16.4. The molecule has 5 N–H and O–H groups in total. The van der Waals surface area contributed by atoms with E-state index >= 15 is 0 Å². The van der Waals surface area contributed by atoms with Crippen LogP contribution in [0.15, 0.2) is 24.3 Å². The van der Waals surface area contributed by atoms with E-state index in [1.807, 2.05) is 0 Å². The number of hydrogen-bond donors (Lipinski definition) is 5. The number of hydrogen-bond acceptors (Lipinski definition) is 6. The number of piperidine rings is 3. The van der Waals surface area contributed by atoms with Gasteiger partial charge in [0.25, 0.3) is 0 Å². The fourth-order valence-electron chi connectivity index (χ4n) is 8.84. The number of aliphatic hydroxyl groups excluding tert-OH is 1. The third kappa shape index (κ3) is 8.35. The molecule has 4 aliphatic rings. The van der Waals surface area contributed by atoms with Gasteiger partial charge in [-0.15, -0.1) is 0 Å². The highest BCUT2D eigenvalue weighted by Crippen LogP contribution is 2.39. The van der Waals surface area contributed by atoms with Crippen LogP contribution in [0.3, 0.4) is 0 Å². The van der Waals surface area contributed by atoms with Gasteiger partial charge < -0.3 is 26.0 Å². The third-order valence-corrected chi connectivity index (χ3v) is 11.4. The summed E-state index contributed by atoms with van der Waals surface area (Å²) in [4.78, 5) is 14.3. The highest BCUT2D eigenvalue weighted by Gasteiger charge is 2.40. The van der Waals surface area contributed by atoms with Crippen LogP contribution in [0.5, 0.6) is 0 Å². The summed E-state index contributed by atoms with van der Waals surface area (Å²) in [5, 5.41) is 38.8. The first-order valence-electron chi connectivity index (χ1n) is 17.1. The first kappa shape index (κ1) is 31.9. The SMILES string of the molecule is C[C@H]1[C@H](O)CC[C@H]2C[C@@H]([C@H]3CCCCCC[C@@](O)(CC(=O)O)CN[C@]4(C)CCN[C@@H](Cc5cccc(c5)C3)C4)CCN21. The van der Waals surface area contributed by atoms with E-state index in [9.17, 15) is 20.1 Å². The van der Waals surface area contributed by atoms with E-state index in [0.29, 0.717) is 31.0 Å². The van der Waals surface area contributed by atoms with Crippen LogP contribution in [0.4, 0.5) is 0 Å². The Kier molecular flexibility index (Phi) is 10.7. The van der Waals surface area contributed by atoms with Gasteiger partial charge in [0, 0.05) is 30.2 Å². The van der Waals surface area contributed by atoms with Gasteiger partial charge in [-0.05, 0) is 114 Å². The summed E-state index contributed by atoms with van der Waals surface area (Å²) in [6, 6.07) is 10.5. The second-order valence-electron chi connectivity index (χ2n) is 14.8. The van der Waals surface area contributed by atoms with Crippen molar-refractivity contribution in [3.63, 3.8) is 0 Å². The van der Waals surface area contributed by atoms with Crippen LogP contribution in [-0.2, 0) is 17.6 Å². The van der Waals surface area contributed by atoms with Crippen LogP contribution in [-0.4, -0.2) is 81.2 Å². The van der Waals surface area contributed by atoms with Gasteiger partial charge in [0.05, 0.1) is 18.1 Å². The van der Waals surface area contributed by atoms with Crippen LogP contribution < -0.4 is 10.6 Å². The topological polar surface area (TPSA) is 105 Å². The lowest BCUT2D eigenvalue weighted by atomic mass is 9.73. The lowest BCUT2D eigenvalue weighted by molar-refractivity contribution is -0.143. The van der Waals surface area contributed by atoms with E-state index in [1.54, 1.807) is 0 Å². The number of fused-ring (bicyclic) bond motifs is 5. The van der Waals surface area contributed by atoms with Crippen LogP contribution in [0, 0.1) is 11.8 Å². The number of β-amino-alcohol motifs (C(OH)–C–C–N with tert-alkyl or cyclic N) is 1. The van der Waals surface area contributed by atoms with E-state index in [-0.39, 0.29) is 24.1 Å². The van der Waals surface area contributed by atoms with Crippen molar-refractivity contribution in [3.05, 3.63) is 35.4 Å². The van der Waals surface area contributed by atoms with Crippen molar-refractivity contribution >= 4 is 5.97 Å². The molecule has 8 atom stereocenters. The van der Waals surface area contributed by atoms with Gasteiger partial charge in [-0.3, -0.25) is 9.69 Å². The Labute approximate surface area is 253 Å². The average molecular weight is 584 g/mol. The van der Waals surface area contributed by atoms with Crippen LogP contribution in [0.1, 0.15) is 108 Å². The standard InChI is InChI=1S/C35H57N3O4/c1-25-32(39)12-11-31-21-29(13-17-38(25)31)28-10-5-3-4-6-14-35(42,23-33(40)41)24-37-34(2)15-16-36-30(22-34)20-27-9-7-8-26(18-27)19-28/h7-9,18,25,28-32,36-37,39,42H,3-6,10-17,19-24H2,1-2H3,(H,40,41)/t25-,28-,29-,30-,31-,32+,34+,35+/m0/s1. The molecule has 1 aromatic rings. The van der Waals surface area contributed by atoms with Gasteiger partial charge >= 0.3 is 5.97 Å². The molecule has 42 heavy (non-hydrogen) atoms. The molecule has 0 amide bonds. The second kappa shape index (κ2) is 14.1. The van der Waals surface area contributed by atoms with Gasteiger partial charge in [-0.25, -0.2) is 0 Å². The lowest BCUT2D eigenvalue weighted by Gasteiger charge is -2.49. The Balaban J connectivity index is 1.32. The van der Waals surface area contributed by atoms with E-state index < -0.39 is 11.6 Å². The molecule has 236 valence electrons. The zero-order chi connectivity index (χ0) is 29.7. The molecular weight excluding hydrogens is 526 g/mol. The molecule has 4 heterocycles. The molecule has 0 unspecified atom stereocenters. The maximum absolute atomic E-state index is 11.7. The first-order chi connectivity index (χ1) is 20.1. The zero-order valence-electron chi connectivity index (χ0n) is 26.2. The molecule has 0 aliphatic carbocycles. The molecule has 3 fully saturated rings. The van der Waals surface area contributed by atoms with Crippen LogP contribution >= 0.6 is 0 Å². The molecule has 1 aromatic carbocycles. The van der Waals surface area contributed by atoms with E-state index in [1.165, 1.54) is 36.8 Å². The third-order valence-electron chi connectivity index (χ3n) is 11.4. The summed E-state index contributed by atoms with van der Waals surface area (Å²) < 4.78 is 0. The Morgan fingerprint density at radius 2 is 1.81 bits per heavy atom. The summed E-state index contributed by atoms with van der Waals surface area (Å²) >= 11 is 0. The number of aliphatic carboxylic acids is 1. The number of carboxylic acids is 1. The maximum atomic E-state index is 11.7. The maximum Gasteiger partial charge on any atom is 0.306 e. The second-order valence-corrected chi connectivity index (χ2v) is 14.8. The Bertz CT molecular complexity index is 1040. The van der Waals surface area contributed by atoms with Crippen molar-refractivity contribution in [2.24, 2.45) is 11.8 Å². The smallest absolute Gasteiger partial charge is 0.306 e. The van der Waals surface area contributed by atoms with Gasteiger partial charge in [0.1, 0.15) is 0 Å². The summed E-state index contributed by atoms with van der Waals surface area (Å²) in [6.07, 6.45) is 14.1. The molecule has 0 aromatic heterocycles. The molecular formula is C35H57N3O4. The monoisotopic (exact) mass is 583 g/mol. The predicted molar refractivity (Wildman–Crippen MR) is 168 cm³/mol. The normalized spacial score (nSPS) is 39.4. The largest absolute Gasteiger partial charge is 0.481 e. The van der Waals surface area contributed by atoms with Crippen molar-refractivity contribution in [1.82, 2.24) is 15.5 Å². The van der Waals surface area contributed by atoms with Crippen molar-refractivity contribution in [2.45, 2.75) is 146 Å². The zero-order valence-corrected chi connectivity index (χ0v) is 26.2. The summed E-state index contributed by atoms with van der Waals surface area (Å²) in [7, 11) is 0. The molecule has 0 radical (unpaired) electrons. The van der Waals surface area contributed by atoms with Crippen molar-refractivity contribution < 1.29 is 20.1 Å². The fraction of sp³-hybridized carbons (Fsp3) is 0.800. The van der Waals surface area contributed by atoms with Crippen LogP contribution in [0.2, 0.25) is 0 Å². The number of aliphatic hydroxyl groups is 2. The molecule has 5 rings (SSSR count). The summed E-state index contributed by atoms with van der Waals surface area (Å²) in [5.41, 5.74) is 1.53. The average Bonchev–Trinajstić information content (AvgIpc) is 2.95. The minimum Gasteiger partial charge on any atom is -0.481 e. The number of nitrogens with one attached hydrogen (secondary N) is 2. The molecule has 7 nitrogen and oxygen atoms in total. The van der Waals surface area contributed by atoms with Gasteiger partial charge in [0.2, 0.25) is 0 Å². The van der Waals surface area contributed by atoms with E-state index in [4.69, 9.17) is 0 Å². The highest BCUT2D eigenvalue weighted by molar-refractivity contribution is 5.68. The predicted octanol–water partition coefficient (Wildman–Crippen LogP) is 4.67. The Morgan fingerprint density at radius 1 is 1.02 bits per heavy atom. The van der Waals surface area contributed by atoms with Crippen molar-refractivity contribution in [3.8, 4) is 0 Å². The fourth-order valence-corrected chi connectivity index (χ4v) is 8.84. The number of carbonyl (C=O) groups is 1. The van der Waals surface area contributed by atoms with E-state index in [2.05, 4.69) is 53.6 Å². The van der Waals surface area contributed by atoms with Gasteiger partial charge in [0.15, 0.2) is 0 Å². The first-order valence-corrected chi connectivity index (χ1v) is 17.1. The number of nitrogens with zero attached hydrogens (tertiary/aromatic N) is 1. The van der Waals surface area contributed by atoms with Gasteiger partial charge in [-0.1, -0.05) is 49.9 Å². The molecule has 0 saturated carbocycles. The molecule has 4 aliphatic heterocycles. The minimum absolute atomic E-state index is 0.127. The molecule has 0 spiro atoms. The van der Waals surface area contributed by atoms with Crippen molar-refractivity contribution in [1.29, 1.82) is 0 Å². The summed E-state index contributed by atoms with van der Waals surface area (Å²) in [5.74, 6) is 0.452. The van der Waals surface area contributed by atoms with Crippen LogP contribution in [0.25, 0.3) is 0 Å². The summed E-state index contributed by atoms with van der Waals surface area (Å²) in [6.45, 7) is 6.79. The number of carboxylic acid groups (broad SMARTS) is 1. The molecule has 4 bridgehead atoms. The quantitative estimate of drug-likeness (QED) is 0.352. The minimum atomic E-state index is -1.21. The lowest BCUT2D eigenvalue weighted by Crippen LogP contribution is -2.58. The van der Waals surface area contributed by atoms with Gasteiger partial charge in [-0.2, -0.15) is 0 Å².